The van der Waals surface area contributed by atoms with E-state index < -0.39 is 12.7 Å². The summed E-state index contributed by atoms with van der Waals surface area (Å²) >= 11 is 3.40. The van der Waals surface area contributed by atoms with Crippen molar-refractivity contribution in [3.63, 3.8) is 0 Å². The van der Waals surface area contributed by atoms with Gasteiger partial charge in [0, 0.05) is 28.8 Å². The number of hydrogen-bond donors (Lipinski definition) is 1. The Bertz CT molecular complexity index is 484. The van der Waals surface area contributed by atoms with Gasteiger partial charge in [-0.1, -0.05) is 15.9 Å². The Morgan fingerprint density at radius 2 is 2.00 bits per heavy atom. The number of rotatable bonds is 6. The molecule has 118 valence electrons. The highest BCUT2D eigenvalue weighted by atomic mass is 79.9. The Balaban J connectivity index is 2.24. The average Bonchev–Trinajstić information content (AvgIpc) is 3.16. The van der Waals surface area contributed by atoms with Gasteiger partial charge in [0.1, 0.15) is 6.54 Å². The van der Waals surface area contributed by atoms with Gasteiger partial charge in [-0.15, -0.1) is 0 Å². The predicted molar refractivity (Wildman–Crippen MR) is 82.5 cm³/mol. The summed E-state index contributed by atoms with van der Waals surface area (Å²) in [5.74, 6) is 0. The molecule has 2 nitrogen and oxygen atoms in total. The third-order valence-corrected chi connectivity index (χ3v) is 3.98. The molecule has 6 heteroatoms. The molecular formula is C15H20BrF3N2. The molecule has 0 spiro atoms. The lowest BCUT2D eigenvalue weighted by Gasteiger charge is -2.32. The molecule has 1 aliphatic carbocycles. The molecule has 0 heterocycles. The van der Waals surface area contributed by atoms with E-state index in [4.69, 9.17) is 0 Å². The van der Waals surface area contributed by atoms with Gasteiger partial charge in [0.2, 0.25) is 0 Å². The summed E-state index contributed by atoms with van der Waals surface area (Å²) in [6.45, 7) is 3.24. The van der Waals surface area contributed by atoms with Crippen LogP contribution in [0.3, 0.4) is 0 Å². The van der Waals surface area contributed by atoms with Gasteiger partial charge >= 0.3 is 6.18 Å². The minimum absolute atomic E-state index is 0.215. The predicted octanol–water partition coefficient (Wildman–Crippen LogP) is 4.48. The molecule has 21 heavy (non-hydrogen) atoms. The molecule has 0 radical (unpaired) electrons. The average molecular weight is 365 g/mol. The van der Waals surface area contributed by atoms with Crippen LogP contribution in [-0.2, 0) is 6.54 Å². The quantitative estimate of drug-likeness (QED) is 0.800. The van der Waals surface area contributed by atoms with Crippen LogP contribution in [-0.4, -0.2) is 24.8 Å². The second kappa shape index (κ2) is 6.57. The van der Waals surface area contributed by atoms with Gasteiger partial charge in [-0.05, 0) is 50.5 Å². The van der Waals surface area contributed by atoms with E-state index in [0.717, 1.165) is 22.9 Å². The van der Waals surface area contributed by atoms with Crippen molar-refractivity contribution in [2.75, 3.05) is 11.4 Å². The number of anilines is 1. The van der Waals surface area contributed by atoms with Crippen LogP contribution in [0.15, 0.2) is 22.7 Å². The number of nitrogens with zero attached hydrogens (tertiary/aromatic N) is 1. The molecule has 1 saturated carbocycles. The normalized spacial score (nSPS) is 15.6. The molecule has 0 amide bonds. The van der Waals surface area contributed by atoms with Crippen molar-refractivity contribution in [2.45, 2.75) is 51.5 Å². The molecule has 0 unspecified atom stereocenters. The van der Waals surface area contributed by atoms with E-state index in [1.165, 1.54) is 4.90 Å². The smallest absolute Gasteiger partial charge is 0.360 e. The van der Waals surface area contributed by atoms with Crippen LogP contribution in [0.4, 0.5) is 18.9 Å². The second-order valence-corrected chi connectivity index (χ2v) is 6.68. The summed E-state index contributed by atoms with van der Waals surface area (Å²) < 4.78 is 39.3. The molecule has 0 bridgehead atoms. The zero-order valence-electron chi connectivity index (χ0n) is 12.2. The van der Waals surface area contributed by atoms with Gasteiger partial charge in [0.05, 0.1) is 0 Å². The van der Waals surface area contributed by atoms with Gasteiger partial charge in [-0.3, -0.25) is 0 Å². The number of benzene rings is 1. The van der Waals surface area contributed by atoms with E-state index in [0.29, 0.717) is 18.3 Å². The Labute approximate surface area is 131 Å². The van der Waals surface area contributed by atoms with Crippen LogP contribution in [0.2, 0.25) is 0 Å². The summed E-state index contributed by atoms with van der Waals surface area (Å²) in [4.78, 5) is 1.41. The van der Waals surface area contributed by atoms with Crippen LogP contribution in [0.5, 0.6) is 0 Å². The SMILES string of the molecule is CC(C)N(CC(F)(F)F)c1ccc(Br)cc1CNC1CC1. The van der Waals surface area contributed by atoms with Gasteiger partial charge in [0.15, 0.2) is 0 Å². The molecular weight excluding hydrogens is 345 g/mol. The van der Waals surface area contributed by atoms with E-state index in [2.05, 4.69) is 21.2 Å². The van der Waals surface area contributed by atoms with Crippen molar-refractivity contribution >= 4 is 21.6 Å². The van der Waals surface area contributed by atoms with E-state index in [9.17, 15) is 13.2 Å². The van der Waals surface area contributed by atoms with E-state index >= 15 is 0 Å². The maximum atomic E-state index is 12.8. The van der Waals surface area contributed by atoms with Crippen LogP contribution in [0, 0.1) is 0 Å². The minimum atomic E-state index is -4.21. The van der Waals surface area contributed by atoms with E-state index in [1.807, 2.05) is 6.07 Å². The highest BCUT2D eigenvalue weighted by Gasteiger charge is 2.33. The minimum Gasteiger partial charge on any atom is -0.360 e. The molecule has 2 rings (SSSR count). The Hall–Kier alpha value is -0.750. The van der Waals surface area contributed by atoms with Crippen LogP contribution in [0.25, 0.3) is 0 Å². The van der Waals surface area contributed by atoms with Gasteiger partial charge < -0.3 is 10.2 Å². The summed E-state index contributed by atoms with van der Waals surface area (Å²) in [5.41, 5.74) is 1.55. The topological polar surface area (TPSA) is 15.3 Å². The van der Waals surface area contributed by atoms with Crippen molar-refractivity contribution in [2.24, 2.45) is 0 Å². The lowest BCUT2D eigenvalue weighted by atomic mass is 10.1. The van der Waals surface area contributed by atoms with Gasteiger partial charge in [0.25, 0.3) is 0 Å². The highest BCUT2D eigenvalue weighted by Crippen LogP contribution is 2.30. The zero-order valence-corrected chi connectivity index (χ0v) is 13.8. The third kappa shape index (κ3) is 5.18. The van der Waals surface area contributed by atoms with Gasteiger partial charge in [-0.25, -0.2) is 0 Å². The first-order valence-corrected chi connectivity index (χ1v) is 7.91. The van der Waals surface area contributed by atoms with E-state index in [1.54, 1.807) is 26.0 Å². The number of nitrogens with one attached hydrogen (secondary N) is 1. The number of alkyl halides is 3. The lowest BCUT2D eigenvalue weighted by molar-refractivity contribution is -0.120. The fourth-order valence-electron chi connectivity index (χ4n) is 2.26. The molecule has 0 atom stereocenters. The maximum absolute atomic E-state index is 12.8. The number of hydrogen-bond acceptors (Lipinski definition) is 2. The second-order valence-electron chi connectivity index (χ2n) is 5.77. The summed E-state index contributed by atoms with van der Waals surface area (Å²) in [5, 5.41) is 3.37. The van der Waals surface area contributed by atoms with Crippen molar-refractivity contribution in [1.82, 2.24) is 5.32 Å². The molecule has 0 aromatic heterocycles. The Morgan fingerprint density at radius 1 is 1.33 bits per heavy atom. The first kappa shape index (κ1) is 16.6. The molecule has 0 saturated heterocycles. The Kier molecular flexibility index (Phi) is 5.20. The van der Waals surface area contributed by atoms with Crippen LogP contribution >= 0.6 is 15.9 Å². The highest BCUT2D eigenvalue weighted by molar-refractivity contribution is 9.10. The number of halogens is 4. The summed E-state index contributed by atoms with van der Waals surface area (Å²) in [6, 6.07) is 5.76. The van der Waals surface area contributed by atoms with Crippen molar-refractivity contribution in [3.05, 3.63) is 28.2 Å². The molecule has 1 fully saturated rings. The Morgan fingerprint density at radius 3 is 2.52 bits per heavy atom. The van der Waals surface area contributed by atoms with E-state index in [-0.39, 0.29) is 6.04 Å². The zero-order chi connectivity index (χ0) is 15.6. The fourth-order valence-corrected chi connectivity index (χ4v) is 2.67. The summed E-state index contributed by atoms with van der Waals surface area (Å²) in [6.07, 6.45) is -1.90. The fraction of sp³-hybridized carbons (Fsp3) is 0.600. The monoisotopic (exact) mass is 364 g/mol. The van der Waals surface area contributed by atoms with Crippen LogP contribution in [0.1, 0.15) is 32.3 Å². The molecule has 1 aliphatic rings. The third-order valence-electron chi connectivity index (χ3n) is 3.48. The van der Waals surface area contributed by atoms with Gasteiger partial charge in [-0.2, -0.15) is 13.2 Å². The van der Waals surface area contributed by atoms with Crippen LogP contribution < -0.4 is 10.2 Å². The summed E-state index contributed by atoms with van der Waals surface area (Å²) in [7, 11) is 0. The molecule has 1 aromatic carbocycles. The maximum Gasteiger partial charge on any atom is 0.405 e. The first-order chi connectivity index (χ1) is 9.76. The largest absolute Gasteiger partial charge is 0.405 e. The molecule has 1 aromatic rings. The van der Waals surface area contributed by atoms with Crippen molar-refractivity contribution < 1.29 is 13.2 Å². The molecule has 0 aliphatic heterocycles. The lowest BCUT2D eigenvalue weighted by Crippen LogP contribution is -2.40. The standard InChI is InChI=1S/C15H20BrF3N2/c1-10(2)21(9-15(17,18)19)14-6-3-12(16)7-11(14)8-20-13-4-5-13/h3,6-7,10,13,20H,4-5,8-9H2,1-2H3. The first-order valence-electron chi connectivity index (χ1n) is 7.11. The van der Waals surface area contributed by atoms with Crippen molar-refractivity contribution in [3.8, 4) is 0 Å². The van der Waals surface area contributed by atoms with Crippen molar-refractivity contribution in [1.29, 1.82) is 0 Å². The molecule has 1 N–H and O–H groups in total.